The van der Waals surface area contributed by atoms with Gasteiger partial charge in [0.15, 0.2) is 6.61 Å². The summed E-state index contributed by atoms with van der Waals surface area (Å²) in [5.41, 5.74) is 0.101. The third-order valence-corrected chi connectivity index (χ3v) is 1.90. The number of hydrogen-bond acceptors (Lipinski definition) is 6. The maximum atomic E-state index is 11.1. The van der Waals surface area contributed by atoms with Crippen LogP contribution in [0.1, 0.15) is 12.6 Å². The van der Waals surface area contributed by atoms with Crippen LogP contribution in [0.2, 0.25) is 0 Å². The first-order chi connectivity index (χ1) is 8.58. The minimum absolute atomic E-state index is 0.213. The van der Waals surface area contributed by atoms with Gasteiger partial charge in [0.1, 0.15) is 0 Å². The molecule has 0 aliphatic carbocycles. The highest BCUT2D eigenvalue weighted by molar-refractivity contribution is 5.71. The van der Waals surface area contributed by atoms with Crippen LogP contribution < -0.4 is 4.74 Å². The molecule has 1 aromatic rings. The van der Waals surface area contributed by atoms with Crippen LogP contribution >= 0.6 is 0 Å². The molecular formula is C11H12N2O5. The van der Waals surface area contributed by atoms with E-state index < -0.39 is 17.5 Å². The number of hydrogen-bond donors (Lipinski definition) is 0. The topological polar surface area (TPSA) is 91.6 Å². The van der Waals surface area contributed by atoms with Crippen LogP contribution in [0.4, 0.5) is 5.69 Å². The second-order valence-corrected chi connectivity index (χ2v) is 3.12. The van der Waals surface area contributed by atoms with Gasteiger partial charge in [0.05, 0.1) is 17.2 Å². The minimum atomic E-state index is -0.639. The summed E-state index contributed by atoms with van der Waals surface area (Å²) in [6.07, 6.45) is 1.42. The molecule has 0 unspecified atom stereocenters. The molecule has 0 saturated heterocycles. The molecular weight excluding hydrogens is 240 g/mol. The van der Waals surface area contributed by atoms with E-state index in [9.17, 15) is 14.9 Å². The van der Waals surface area contributed by atoms with Crippen molar-refractivity contribution in [2.45, 2.75) is 6.92 Å². The van der Waals surface area contributed by atoms with E-state index in [0.29, 0.717) is 5.69 Å². The molecule has 0 spiro atoms. The number of esters is 1. The molecule has 0 saturated carbocycles. The Balaban J connectivity index is 2.87. The number of pyridine rings is 1. The maximum absolute atomic E-state index is 11.1. The number of nitrogens with zero attached hydrogens (tertiary/aromatic N) is 2. The maximum Gasteiger partial charge on any atom is 0.344 e. The summed E-state index contributed by atoms with van der Waals surface area (Å²) in [7, 11) is 0. The van der Waals surface area contributed by atoms with Crippen LogP contribution in [0, 0.1) is 10.1 Å². The normalized spacial score (nSPS) is 9.61. The van der Waals surface area contributed by atoms with Gasteiger partial charge >= 0.3 is 11.7 Å². The summed E-state index contributed by atoms with van der Waals surface area (Å²) in [4.78, 5) is 25.0. The molecule has 0 aliphatic rings. The van der Waals surface area contributed by atoms with Crippen LogP contribution in [0.5, 0.6) is 5.88 Å². The largest absolute Gasteiger partial charge is 0.463 e. The number of aromatic nitrogens is 1. The lowest BCUT2D eigenvalue weighted by molar-refractivity contribution is -0.386. The number of rotatable bonds is 6. The number of ether oxygens (including phenoxy) is 2. The predicted molar refractivity (Wildman–Crippen MR) is 63.1 cm³/mol. The van der Waals surface area contributed by atoms with Crippen molar-refractivity contribution in [1.29, 1.82) is 0 Å². The van der Waals surface area contributed by atoms with E-state index in [1.165, 1.54) is 18.2 Å². The Labute approximate surface area is 103 Å². The Kier molecular flexibility index (Phi) is 4.79. The van der Waals surface area contributed by atoms with Gasteiger partial charge in [-0.05, 0) is 19.1 Å². The quantitative estimate of drug-likeness (QED) is 0.433. The van der Waals surface area contributed by atoms with Gasteiger partial charge in [-0.3, -0.25) is 10.1 Å². The third-order valence-electron chi connectivity index (χ3n) is 1.90. The van der Waals surface area contributed by atoms with Gasteiger partial charge in [0, 0.05) is 6.07 Å². The molecule has 0 fully saturated rings. The van der Waals surface area contributed by atoms with Crippen molar-refractivity contribution in [3.63, 3.8) is 0 Å². The third kappa shape index (κ3) is 3.55. The fourth-order valence-electron chi connectivity index (χ4n) is 1.14. The molecule has 7 heteroatoms. The second-order valence-electron chi connectivity index (χ2n) is 3.12. The van der Waals surface area contributed by atoms with E-state index in [4.69, 9.17) is 4.74 Å². The van der Waals surface area contributed by atoms with Crippen LogP contribution in [0.3, 0.4) is 0 Å². The molecule has 0 aromatic carbocycles. The summed E-state index contributed by atoms with van der Waals surface area (Å²) in [6, 6.07) is 2.67. The van der Waals surface area contributed by atoms with E-state index in [1.807, 2.05) is 0 Å². The molecule has 18 heavy (non-hydrogen) atoms. The van der Waals surface area contributed by atoms with Crippen LogP contribution in [0.15, 0.2) is 18.7 Å². The van der Waals surface area contributed by atoms with Crippen molar-refractivity contribution >= 4 is 17.7 Å². The molecule has 0 amide bonds. The van der Waals surface area contributed by atoms with Crippen molar-refractivity contribution in [2.75, 3.05) is 13.2 Å². The Morgan fingerprint density at radius 1 is 1.61 bits per heavy atom. The molecule has 1 heterocycles. The number of carbonyl (C=O) groups is 1. The first-order valence-corrected chi connectivity index (χ1v) is 5.14. The number of carbonyl (C=O) groups excluding carboxylic acids is 1. The molecule has 0 bridgehead atoms. The SMILES string of the molecule is C=Cc1ccc([N+](=O)[O-])c(OCC(=O)OCC)n1. The average molecular weight is 252 g/mol. The minimum Gasteiger partial charge on any atom is -0.463 e. The van der Waals surface area contributed by atoms with Gasteiger partial charge < -0.3 is 9.47 Å². The van der Waals surface area contributed by atoms with Crippen molar-refractivity contribution in [1.82, 2.24) is 4.98 Å². The van der Waals surface area contributed by atoms with Gasteiger partial charge in [0.2, 0.25) is 0 Å². The van der Waals surface area contributed by atoms with Gasteiger partial charge in [-0.1, -0.05) is 6.58 Å². The molecule has 0 aliphatic heterocycles. The molecule has 7 nitrogen and oxygen atoms in total. The summed E-state index contributed by atoms with van der Waals surface area (Å²) in [6.45, 7) is 4.93. The van der Waals surface area contributed by atoms with Crippen LogP contribution in [0.25, 0.3) is 6.08 Å². The Morgan fingerprint density at radius 3 is 2.89 bits per heavy atom. The Morgan fingerprint density at radius 2 is 2.33 bits per heavy atom. The summed E-state index contributed by atoms with van der Waals surface area (Å²) in [5.74, 6) is -0.844. The highest BCUT2D eigenvalue weighted by Gasteiger charge is 2.18. The van der Waals surface area contributed by atoms with Crippen LogP contribution in [-0.2, 0) is 9.53 Å². The molecule has 0 N–H and O–H groups in total. The van der Waals surface area contributed by atoms with Crippen LogP contribution in [-0.4, -0.2) is 29.1 Å². The zero-order valence-electron chi connectivity index (χ0n) is 9.79. The molecule has 0 radical (unpaired) electrons. The molecule has 0 atom stereocenters. The van der Waals surface area contributed by atoms with E-state index in [0.717, 1.165) is 0 Å². The van der Waals surface area contributed by atoms with Gasteiger partial charge in [-0.2, -0.15) is 0 Å². The Bertz CT molecular complexity index is 473. The first-order valence-electron chi connectivity index (χ1n) is 5.14. The predicted octanol–water partition coefficient (Wildman–Crippen LogP) is 1.57. The lowest BCUT2D eigenvalue weighted by Gasteiger charge is -2.05. The monoisotopic (exact) mass is 252 g/mol. The molecule has 1 rings (SSSR count). The fraction of sp³-hybridized carbons (Fsp3) is 0.273. The van der Waals surface area contributed by atoms with Crippen molar-refractivity contribution < 1.29 is 19.2 Å². The van der Waals surface area contributed by atoms with E-state index >= 15 is 0 Å². The van der Waals surface area contributed by atoms with Gasteiger partial charge in [-0.15, -0.1) is 0 Å². The van der Waals surface area contributed by atoms with Crippen molar-refractivity contribution in [2.24, 2.45) is 0 Å². The average Bonchev–Trinajstić information content (AvgIpc) is 2.36. The zero-order valence-corrected chi connectivity index (χ0v) is 9.79. The lowest BCUT2D eigenvalue weighted by atomic mass is 10.3. The standard InChI is InChI=1S/C11H12N2O5/c1-3-8-5-6-9(13(15)16)11(12-8)18-7-10(14)17-4-2/h3,5-6H,1,4,7H2,2H3. The van der Waals surface area contributed by atoms with Crippen molar-refractivity contribution in [3.05, 3.63) is 34.5 Å². The van der Waals surface area contributed by atoms with Gasteiger partial charge in [0.25, 0.3) is 5.88 Å². The highest BCUT2D eigenvalue weighted by atomic mass is 16.6. The molecule has 96 valence electrons. The highest BCUT2D eigenvalue weighted by Crippen LogP contribution is 2.24. The zero-order chi connectivity index (χ0) is 13.5. The van der Waals surface area contributed by atoms with E-state index in [2.05, 4.69) is 16.3 Å². The van der Waals surface area contributed by atoms with Gasteiger partial charge in [-0.25, -0.2) is 9.78 Å². The first kappa shape index (κ1) is 13.6. The second kappa shape index (κ2) is 6.33. The molecule has 1 aromatic heterocycles. The lowest BCUT2D eigenvalue weighted by Crippen LogP contribution is -2.15. The van der Waals surface area contributed by atoms with Crippen molar-refractivity contribution in [3.8, 4) is 5.88 Å². The smallest absolute Gasteiger partial charge is 0.344 e. The Hall–Kier alpha value is -2.44. The summed E-state index contributed by atoms with van der Waals surface area (Å²) < 4.78 is 9.62. The fourth-order valence-corrected chi connectivity index (χ4v) is 1.14. The summed E-state index contributed by atoms with van der Waals surface area (Å²) >= 11 is 0. The van der Waals surface area contributed by atoms with E-state index in [-0.39, 0.29) is 18.2 Å². The number of nitro groups is 1. The summed E-state index contributed by atoms with van der Waals surface area (Å²) in [5, 5.41) is 10.7. The van der Waals surface area contributed by atoms with E-state index in [1.54, 1.807) is 6.92 Å².